The summed E-state index contributed by atoms with van der Waals surface area (Å²) in [6.45, 7) is 4.52. The second-order valence-corrected chi connectivity index (χ2v) is 7.42. The van der Waals surface area contributed by atoms with Gasteiger partial charge >= 0.3 is 5.97 Å². The molecule has 11 heteroatoms. The molecule has 1 aromatic heterocycles. The Morgan fingerprint density at radius 2 is 2.32 bits per heavy atom. The zero-order valence-corrected chi connectivity index (χ0v) is 15.3. The average molecular weight is 388 g/mol. The van der Waals surface area contributed by atoms with Gasteiger partial charge in [-0.2, -0.15) is 0 Å². The Balaban J connectivity index is 1.78. The van der Waals surface area contributed by atoms with Crippen LogP contribution in [0.25, 0.3) is 0 Å². The minimum absolute atomic E-state index is 0.0411. The fourth-order valence-corrected chi connectivity index (χ4v) is 4.06. The number of esters is 1. The second-order valence-electron chi connectivity index (χ2n) is 5.73. The molecule has 0 amide bonds. The van der Waals surface area contributed by atoms with Crippen LogP contribution in [0.15, 0.2) is 17.7 Å². The van der Waals surface area contributed by atoms with Crippen molar-refractivity contribution in [2.24, 2.45) is 0 Å². The maximum Gasteiger partial charge on any atom is 0.320 e. The lowest BCUT2D eigenvalue weighted by molar-refractivity contribution is -0.433. The van der Waals surface area contributed by atoms with Gasteiger partial charge < -0.3 is 14.5 Å². The molecule has 0 aromatic carbocycles. The number of aromatic nitrogens is 1. The van der Waals surface area contributed by atoms with Crippen LogP contribution in [0.3, 0.4) is 0 Å². The molecular weight excluding hydrogens is 370 g/mol. The van der Waals surface area contributed by atoms with Gasteiger partial charge in [0.2, 0.25) is 0 Å². The maximum absolute atomic E-state index is 11.7. The van der Waals surface area contributed by atoms with Crippen molar-refractivity contribution < 1.29 is 14.5 Å². The Morgan fingerprint density at radius 3 is 2.96 bits per heavy atom. The summed E-state index contributed by atoms with van der Waals surface area (Å²) in [6.07, 6.45) is 1.69. The summed E-state index contributed by atoms with van der Waals surface area (Å²) in [5.74, 6) is 0.249. The zero-order chi connectivity index (χ0) is 18.0. The Morgan fingerprint density at radius 1 is 1.52 bits per heavy atom. The number of nitrogens with zero attached hydrogens (tertiary/aromatic N) is 5. The smallest absolute Gasteiger partial charge is 0.320 e. The number of carbonyl (C=O) groups is 1. The second kappa shape index (κ2) is 7.54. The first-order chi connectivity index (χ1) is 12.0. The van der Waals surface area contributed by atoms with Crippen molar-refractivity contribution in [2.45, 2.75) is 13.5 Å². The first kappa shape index (κ1) is 17.9. The molecule has 3 heterocycles. The van der Waals surface area contributed by atoms with E-state index in [9.17, 15) is 14.9 Å². The van der Waals surface area contributed by atoms with Crippen molar-refractivity contribution in [2.75, 3.05) is 39.5 Å². The normalized spacial score (nSPS) is 17.8. The van der Waals surface area contributed by atoms with Crippen LogP contribution >= 0.6 is 22.9 Å². The molecule has 1 saturated heterocycles. The third kappa shape index (κ3) is 4.02. The molecular formula is C14H18ClN5O4S. The lowest BCUT2D eigenvalue weighted by Crippen LogP contribution is -2.47. The van der Waals surface area contributed by atoms with E-state index in [4.69, 9.17) is 16.3 Å². The van der Waals surface area contributed by atoms with Crippen molar-refractivity contribution >= 4 is 28.9 Å². The van der Waals surface area contributed by atoms with Gasteiger partial charge in [0, 0.05) is 24.2 Å². The van der Waals surface area contributed by atoms with Gasteiger partial charge in [-0.3, -0.25) is 19.8 Å². The van der Waals surface area contributed by atoms with Crippen molar-refractivity contribution in [3.8, 4) is 0 Å². The van der Waals surface area contributed by atoms with E-state index in [1.807, 2.05) is 9.80 Å². The van der Waals surface area contributed by atoms with E-state index >= 15 is 0 Å². The lowest BCUT2D eigenvalue weighted by Gasteiger charge is -2.34. The van der Waals surface area contributed by atoms with Crippen LogP contribution in [0.4, 0.5) is 0 Å². The highest BCUT2D eigenvalue weighted by molar-refractivity contribution is 7.15. The highest BCUT2D eigenvalue weighted by atomic mass is 35.5. The molecule has 0 atom stereocenters. The number of nitro groups is 1. The minimum atomic E-state index is -0.371. The predicted molar refractivity (Wildman–Crippen MR) is 91.3 cm³/mol. The molecule has 0 N–H and O–H groups in total. The molecule has 0 radical (unpaired) electrons. The molecule has 2 aliphatic rings. The Kier molecular flexibility index (Phi) is 5.40. The summed E-state index contributed by atoms with van der Waals surface area (Å²) in [5, 5.41) is 11.6. The number of hydrogen-bond donors (Lipinski definition) is 0. The van der Waals surface area contributed by atoms with E-state index in [2.05, 4.69) is 4.98 Å². The fourth-order valence-electron chi connectivity index (χ4n) is 3.06. The molecule has 0 saturated carbocycles. The van der Waals surface area contributed by atoms with Crippen LogP contribution in [0.1, 0.15) is 11.8 Å². The topological polar surface area (TPSA) is 92.0 Å². The lowest BCUT2D eigenvalue weighted by atomic mass is 10.3. The standard InChI is InChI=1S/C14H18ClN5O4S/c1-2-24-12(21)8-17-7-11(20(22)23)13-18(3-4-19(13)9-17)6-10-5-16-14(15)25-10/h5H,2-4,6-9H2,1H3. The molecule has 0 aliphatic carbocycles. The van der Waals surface area contributed by atoms with Crippen LogP contribution in [0.5, 0.6) is 0 Å². The number of rotatable bonds is 6. The van der Waals surface area contributed by atoms with E-state index in [0.717, 1.165) is 4.88 Å². The highest BCUT2D eigenvalue weighted by Crippen LogP contribution is 2.30. The van der Waals surface area contributed by atoms with Crippen molar-refractivity contribution in [1.29, 1.82) is 0 Å². The van der Waals surface area contributed by atoms with Crippen LogP contribution < -0.4 is 0 Å². The molecule has 25 heavy (non-hydrogen) atoms. The number of hydrogen-bond acceptors (Lipinski definition) is 9. The SMILES string of the molecule is CCOC(=O)CN1CC([N+](=O)[O-])=C2N(Cc3cnc(Cl)s3)CCN2C1. The third-order valence-corrected chi connectivity index (χ3v) is 5.09. The summed E-state index contributed by atoms with van der Waals surface area (Å²) in [6, 6.07) is 0. The third-order valence-electron chi connectivity index (χ3n) is 3.99. The number of fused-ring (bicyclic) bond motifs is 1. The molecule has 136 valence electrons. The molecule has 0 spiro atoms. The monoisotopic (exact) mass is 387 g/mol. The molecule has 9 nitrogen and oxygen atoms in total. The van der Waals surface area contributed by atoms with Crippen LogP contribution in [-0.4, -0.2) is 70.0 Å². The van der Waals surface area contributed by atoms with Gasteiger partial charge in [0.25, 0.3) is 5.70 Å². The van der Waals surface area contributed by atoms with E-state index in [0.29, 0.717) is 43.2 Å². The molecule has 1 fully saturated rings. The first-order valence-corrected chi connectivity index (χ1v) is 9.03. The average Bonchev–Trinajstić information content (AvgIpc) is 3.13. The molecule has 2 aliphatic heterocycles. The minimum Gasteiger partial charge on any atom is -0.465 e. The highest BCUT2D eigenvalue weighted by Gasteiger charge is 2.40. The Labute approximate surface area is 153 Å². The van der Waals surface area contributed by atoms with Gasteiger partial charge in [0.15, 0.2) is 10.3 Å². The summed E-state index contributed by atoms with van der Waals surface area (Å²) >= 11 is 7.23. The molecule has 0 bridgehead atoms. The van der Waals surface area contributed by atoms with Crippen molar-refractivity contribution in [3.05, 3.63) is 37.2 Å². The first-order valence-electron chi connectivity index (χ1n) is 7.83. The molecule has 0 unspecified atom stereocenters. The number of ether oxygens (including phenoxy) is 1. The van der Waals surface area contributed by atoms with Gasteiger partial charge in [0.05, 0.1) is 37.8 Å². The fraction of sp³-hybridized carbons (Fsp3) is 0.571. The summed E-state index contributed by atoms with van der Waals surface area (Å²) < 4.78 is 5.40. The number of halogens is 1. The predicted octanol–water partition coefficient (Wildman–Crippen LogP) is 1.20. The summed E-state index contributed by atoms with van der Waals surface area (Å²) in [5.41, 5.74) is 0.101. The Bertz CT molecular complexity index is 709. The quantitative estimate of drug-likeness (QED) is 0.408. The van der Waals surface area contributed by atoms with Gasteiger partial charge in [-0.05, 0) is 6.92 Å². The van der Waals surface area contributed by atoms with Gasteiger partial charge in [0.1, 0.15) is 0 Å². The molecule has 1 aromatic rings. The van der Waals surface area contributed by atoms with E-state index in [1.54, 1.807) is 18.0 Å². The van der Waals surface area contributed by atoms with Crippen molar-refractivity contribution in [1.82, 2.24) is 19.7 Å². The molecule has 3 rings (SSSR count). The summed E-state index contributed by atoms with van der Waals surface area (Å²) in [4.78, 5) is 33.5. The van der Waals surface area contributed by atoms with Crippen molar-refractivity contribution in [3.63, 3.8) is 0 Å². The number of thiazole rings is 1. The Hall–Kier alpha value is -1.91. The van der Waals surface area contributed by atoms with Gasteiger partial charge in [-0.25, -0.2) is 4.98 Å². The van der Waals surface area contributed by atoms with E-state index in [-0.39, 0.29) is 29.7 Å². The largest absolute Gasteiger partial charge is 0.465 e. The van der Waals surface area contributed by atoms with E-state index in [1.165, 1.54) is 11.3 Å². The van der Waals surface area contributed by atoms with Gasteiger partial charge in [-0.15, -0.1) is 11.3 Å². The summed E-state index contributed by atoms with van der Waals surface area (Å²) in [7, 11) is 0. The van der Waals surface area contributed by atoms with Crippen LogP contribution in [-0.2, 0) is 16.1 Å². The van der Waals surface area contributed by atoms with Crippen LogP contribution in [0, 0.1) is 10.1 Å². The maximum atomic E-state index is 11.7. The van der Waals surface area contributed by atoms with Gasteiger partial charge in [-0.1, -0.05) is 11.6 Å². The van der Waals surface area contributed by atoms with Crippen LogP contribution in [0.2, 0.25) is 4.47 Å². The number of carbonyl (C=O) groups excluding carboxylic acids is 1. The van der Waals surface area contributed by atoms with E-state index < -0.39 is 0 Å². The zero-order valence-electron chi connectivity index (χ0n) is 13.7.